The summed E-state index contributed by atoms with van der Waals surface area (Å²) in [6, 6.07) is 4.54. The van der Waals surface area contributed by atoms with E-state index < -0.39 is 11.9 Å². The van der Waals surface area contributed by atoms with Crippen molar-refractivity contribution in [1.29, 1.82) is 0 Å². The van der Waals surface area contributed by atoms with E-state index >= 15 is 0 Å². The van der Waals surface area contributed by atoms with Gasteiger partial charge in [-0.3, -0.25) is 0 Å². The zero-order chi connectivity index (χ0) is 14.8. The summed E-state index contributed by atoms with van der Waals surface area (Å²) in [5.74, 6) is 0.355. The lowest BCUT2D eigenvalue weighted by Crippen LogP contribution is -2.18. The van der Waals surface area contributed by atoms with Gasteiger partial charge in [-0.05, 0) is 31.2 Å². The van der Waals surface area contributed by atoms with Crippen molar-refractivity contribution in [2.45, 2.75) is 26.1 Å². The Morgan fingerprint density at radius 2 is 2.05 bits per heavy atom. The second-order valence-corrected chi connectivity index (χ2v) is 4.37. The smallest absolute Gasteiger partial charge is 0.310 e. The van der Waals surface area contributed by atoms with Gasteiger partial charge in [0.25, 0.3) is 0 Å². The highest BCUT2D eigenvalue weighted by atomic mass is 19.4. The van der Waals surface area contributed by atoms with E-state index in [1.165, 1.54) is 6.20 Å². The molecule has 20 heavy (non-hydrogen) atoms. The van der Waals surface area contributed by atoms with Crippen molar-refractivity contribution in [2.24, 2.45) is 0 Å². The number of halogens is 3. The molecule has 0 spiro atoms. The summed E-state index contributed by atoms with van der Waals surface area (Å²) < 4.78 is 38.5. The Bertz CT molecular complexity index is 560. The minimum absolute atomic E-state index is 0.143. The van der Waals surface area contributed by atoms with E-state index in [9.17, 15) is 13.2 Å². The third kappa shape index (κ3) is 3.16. The van der Waals surface area contributed by atoms with Gasteiger partial charge in [-0.1, -0.05) is 13.0 Å². The second kappa shape index (κ2) is 5.62. The molecule has 7 heteroatoms. The first kappa shape index (κ1) is 14.5. The van der Waals surface area contributed by atoms with Crippen LogP contribution in [0.15, 0.2) is 30.6 Å². The first-order valence-electron chi connectivity index (χ1n) is 6.24. The fourth-order valence-corrected chi connectivity index (χ4v) is 1.82. The van der Waals surface area contributed by atoms with Gasteiger partial charge in [0.05, 0.1) is 0 Å². The number of rotatable bonds is 4. The maximum absolute atomic E-state index is 12.5. The maximum atomic E-state index is 12.5. The summed E-state index contributed by atoms with van der Waals surface area (Å²) in [5, 5.41) is 6.71. The summed E-state index contributed by atoms with van der Waals surface area (Å²) in [6.07, 6.45) is -1.55. The van der Waals surface area contributed by atoms with Crippen LogP contribution in [-0.4, -0.2) is 21.3 Å². The molecule has 0 fully saturated rings. The lowest BCUT2D eigenvalue weighted by atomic mass is 10.1. The molecule has 1 atom stereocenters. The number of hydrogen-bond donors (Lipinski definition) is 1. The van der Waals surface area contributed by atoms with Gasteiger partial charge in [-0.2, -0.15) is 18.3 Å². The van der Waals surface area contributed by atoms with Crippen molar-refractivity contribution in [3.8, 4) is 5.82 Å². The van der Waals surface area contributed by atoms with Gasteiger partial charge in [0.2, 0.25) is 0 Å². The average Bonchev–Trinajstić information content (AvgIpc) is 2.89. The van der Waals surface area contributed by atoms with Crippen LogP contribution in [0.1, 0.15) is 31.1 Å². The molecule has 0 aliphatic carbocycles. The van der Waals surface area contributed by atoms with Crippen molar-refractivity contribution >= 4 is 0 Å². The van der Waals surface area contributed by atoms with Gasteiger partial charge in [0, 0.05) is 18.4 Å². The van der Waals surface area contributed by atoms with E-state index in [1.54, 1.807) is 12.3 Å². The molecule has 2 rings (SSSR count). The Morgan fingerprint density at radius 3 is 2.55 bits per heavy atom. The topological polar surface area (TPSA) is 42.7 Å². The molecule has 0 amide bonds. The third-order valence-corrected chi connectivity index (χ3v) is 2.90. The normalized spacial score (nSPS) is 13.4. The van der Waals surface area contributed by atoms with E-state index in [0.717, 1.165) is 22.9 Å². The Balaban J connectivity index is 2.20. The number of alkyl halides is 3. The molecule has 0 bridgehead atoms. The zero-order valence-corrected chi connectivity index (χ0v) is 11.1. The lowest BCUT2D eigenvalue weighted by Gasteiger charge is -2.12. The first-order valence-corrected chi connectivity index (χ1v) is 6.24. The lowest BCUT2D eigenvalue weighted by molar-refractivity contribution is -0.141. The molecule has 0 aromatic carbocycles. The number of aromatic nitrogens is 3. The highest BCUT2D eigenvalue weighted by Gasteiger charge is 2.33. The van der Waals surface area contributed by atoms with Crippen LogP contribution < -0.4 is 5.32 Å². The Labute approximate surface area is 114 Å². The van der Waals surface area contributed by atoms with Gasteiger partial charge < -0.3 is 5.32 Å². The van der Waals surface area contributed by atoms with Crippen molar-refractivity contribution in [3.05, 3.63) is 41.9 Å². The van der Waals surface area contributed by atoms with Crippen LogP contribution in [0, 0.1) is 0 Å². The molecule has 108 valence electrons. The molecule has 1 unspecified atom stereocenters. The molecule has 0 saturated heterocycles. The number of hydrogen-bond acceptors (Lipinski definition) is 3. The van der Waals surface area contributed by atoms with E-state index in [0.29, 0.717) is 5.82 Å². The second-order valence-electron chi connectivity index (χ2n) is 4.37. The predicted molar refractivity (Wildman–Crippen MR) is 68.5 cm³/mol. The number of pyridine rings is 1. The number of nitrogens with zero attached hydrogens (tertiary/aromatic N) is 3. The van der Waals surface area contributed by atoms with Crippen molar-refractivity contribution < 1.29 is 13.2 Å². The van der Waals surface area contributed by atoms with Gasteiger partial charge in [0.1, 0.15) is 0 Å². The van der Waals surface area contributed by atoms with Gasteiger partial charge >= 0.3 is 6.18 Å². The van der Waals surface area contributed by atoms with Crippen LogP contribution in [0.3, 0.4) is 0 Å². The molecule has 0 aliphatic rings. The van der Waals surface area contributed by atoms with Crippen molar-refractivity contribution in [1.82, 2.24) is 20.1 Å². The molecular weight excluding hydrogens is 269 g/mol. The molecule has 0 saturated carbocycles. The van der Waals surface area contributed by atoms with Crippen LogP contribution in [0.5, 0.6) is 0 Å². The quantitative estimate of drug-likeness (QED) is 0.938. The van der Waals surface area contributed by atoms with E-state index in [2.05, 4.69) is 15.4 Å². The van der Waals surface area contributed by atoms with E-state index in [4.69, 9.17) is 0 Å². The molecule has 2 aromatic rings. The molecule has 0 radical (unpaired) electrons. The average molecular weight is 284 g/mol. The van der Waals surface area contributed by atoms with Crippen LogP contribution in [0.4, 0.5) is 13.2 Å². The standard InChI is InChI=1S/C13H15F3N4/c1-3-17-9(2)10-4-5-12(18-8-10)20-7-6-11(19-20)13(14,15)16/h4-9,17H,3H2,1-2H3. The Morgan fingerprint density at radius 1 is 1.30 bits per heavy atom. The summed E-state index contributed by atoms with van der Waals surface area (Å²) in [4.78, 5) is 4.14. The largest absolute Gasteiger partial charge is 0.435 e. The van der Waals surface area contributed by atoms with Gasteiger partial charge in [-0.25, -0.2) is 9.67 Å². The summed E-state index contributed by atoms with van der Waals surface area (Å²) in [5.41, 5.74) is 0.0446. The third-order valence-electron chi connectivity index (χ3n) is 2.90. The van der Waals surface area contributed by atoms with Crippen LogP contribution in [-0.2, 0) is 6.18 Å². The Hall–Kier alpha value is -1.89. The molecule has 1 N–H and O–H groups in total. The molecular formula is C13H15F3N4. The SMILES string of the molecule is CCNC(C)c1ccc(-n2ccc(C(F)(F)F)n2)nc1. The summed E-state index contributed by atoms with van der Waals surface area (Å²) in [6.45, 7) is 4.83. The van der Waals surface area contributed by atoms with Gasteiger partial charge in [-0.15, -0.1) is 0 Å². The monoisotopic (exact) mass is 284 g/mol. The predicted octanol–water partition coefficient (Wildman–Crippen LogP) is 2.96. The number of nitrogens with one attached hydrogen (secondary N) is 1. The molecule has 0 aliphatic heterocycles. The van der Waals surface area contributed by atoms with E-state index in [1.807, 2.05) is 19.9 Å². The van der Waals surface area contributed by atoms with Gasteiger partial charge in [0.15, 0.2) is 11.5 Å². The molecule has 2 aromatic heterocycles. The zero-order valence-electron chi connectivity index (χ0n) is 11.1. The first-order chi connectivity index (χ1) is 9.41. The van der Waals surface area contributed by atoms with E-state index in [-0.39, 0.29) is 6.04 Å². The highest BCUT2D eigenvalue weighted by Crippen LogP contribution is 2.27. The fourth-order valence-electron chi connectivity index (χ4n) is 1.82. The van der Waals surface area contributed by atoms with Crippen LogP contribution >= 0.6 is 0 Å². The fraction of sp³-hybridized carbons (Fsp3) is 0.385. The highest BCUT2D eigenvalue weighted by molar-refractivity contribution is 5.26. The van der Waals surface area contributed by atoms with Crippen molar-refractivity contribution in [2.75, 3.05) is 6.54 Å². The Kier molecular flexibility index (Phi) is 4.08. The van der Waals surface area contributed by atoms with Crippen molar-refractivity contribution in [3.63, 3.8) is 0 Å². The van der Waals surface area contributed by atoms with Crippen LogP contribution in [0.2, 0.25) is 0 Å². The molecule has 4 nitrogen and oxygen atoms in total. The van der Waals surface area contributed by atoms with Crippen LogP contribution in [0.25, 0.3) is 5.82 Å². The minimum atomic E-state index is -4.44. The maximum Gasteiger partial charge on any atom is 0.435 e. The summed E-state index contributed by atoms with van der Waals surface area (Å²) >= 11 is 0. The summed E-state index contributed by atoms with van der Waals surface area (Å²) in [7, 11) is 0. The minimum Gasteiger partial charge on any atom is -0.310 e. The molecule has 2 heterocycles.